The average Bonchev–Trinajstić information content (AvgIpc) is 2.86. The molecule has 1 heterocycles. The van der Waals surface area contributed by atoms with E-state index in [1.54, 1.807) is 30.3 Å². The monoisotopic (exact) mass is 478 g/mol. The van der Waals surface area contributed by atoms with E-state index < -0.39 is 57.2 Å². The lowest BCUT2D eigenvalue weighted by Gasteiger charge is -2.36. The SMILES string of the molecule is COC(=O)C1=C(C(=O)OC)N(c2cc([N+](=O)[O-])ccc2C(=O)O)C(N)=C(C#N)C1c1ccccc1. The highest BCUT2D eigenvalue weighted by molar-refractivity contribution is 6.08. The number of nitro groups is 1. The van der Waals surface area contributed by atoms with Crippen LogP contribution in [0.3, 0.4) is 0 Å². The first-order valence-electron chi connectivity index (χ1n) is 9.85. The molecule has 3 rings (SSSR count). The highest BCUT2D eigenvalue weighted by Gasteiger charge is 2.44. The molecule has 0 amide bonds. The van der Waals surface area contributed by atoms with Crippen molar-refractivity contribution in [2.75, 3.05) is 19.1 Å². The van der Waals surface area contributed by atoms with Crippen molar-refractivity contribution in [2.45, 2.75) is 5.92 Å². The molecule has 0 spiro atoms. The van der Waals surface area contributed by atoms with Crippen molar-refractivity contribution < 1.29 is 33.9 Å². The van der Waals surface area contributed by atoms with Gasteiger partial charge in [-0.05, 0) is 11.6 Å². The topological polar surface area (TPSA) is 186 Å². The number of nitrogens with zero attached hydrogens (tertiary/aromatic N) is 3. The molecule has 178 valence electrons. The van der Waals surface area contributed by atoms with Gasteiger partial charge in [0.1, 0.15) is 11.5 Å². The molecule has 12 heteroatoms. The van der Waals surface area contributed by atoms with Crippen molar-refractivity contribution in [1.82, 2.24) is 0 Å². The van der Waals surface area contributed by atoms with Crippen molar-refractivity contribution >= 4 is 29.3 Å². The number of carboxylic acid groups (broad SMARTS) is 1. The molecule has 0 saturated heterocycles. The van der Waals surface area contributed by atoms with E-state index in [1.807, 2.05) is 6.07 Å². The number of nitriles is 1. The third-order valence-corrected chi connectivity index (χ3v) is 5.27. The summed E-state index contributed by atoms with van der Waals surface area (Å²) in [6, 6.07) is 12.9. The molecular formula is C23H18N4O8. The van der Waals surface area contributed by atoms with Crippen molar-refractivity contribution in [3.63, 3.8) is 0 Å². The molecule has 0 bridgehead atoms. The van der Waals surface area contributed by atoms with Crippen LogP contribution >= 0.6 is 0 Å². The number of hydrogen-bond donors (Lipinski definition) is 2. The van der Waals surface area contributed by atoms with Gasteiger partial charge < -0.3 is 20.3 Å². The summed E-state index contributed by atoms with van der Waals surface area (Å²) in [5.41, 5.74) is 4.15. The second-order valence-corrected chi connectivity index (χ2v) is 7.10. The fourth-order valence-electron chi connectivity index (χ4n) is 3.76. The predicted octanol–water partition coefficient (Wildman–Crippen LogP) is 2.19. The van der Waals surface area contributed by atoms with Crippen LogP contribution in [0.1, 0.15) is 21.8 Å². The van der Waals surface area contributed by atoms with E-state index in [1.165, 1.54) is 0 Å². The van der Waals surface area contributed by atoms with E-state index in [2.05, 4.69) is 0 Å². The second kappa shape index (κ2) is 9.75. The van der Waals surface area contributed by atoms with Gasteiger partial charge in [0.25, 0.3) is 5.69 Å². The van der Waals surface area contributed by atoms with Crippen molar-refractivity contribution in [3.8, 4) is 6.07 Å². The number of anilines is 1. The number of ether oxygens (including phenoxy) is 2. The predicted molar refractivity (Wildman–Crippen MR) is 120 cm³/mol. The minimum Gasteiger partial charge on any atom is -0.478 e. The van der Waals surface area contributed by atoms with Crippen LogP contribution in [0.15, 0.2) is 71.2 Å². The molecule has 12 nitrogen and oxygen atoms in total. The maximum absolute atomic E-state index is 13.0. The minimum atomic E-state index is -1.50. The molecule has 1 atom stereocenters. The Balaban J connectivity index is 2.51. The molecular weight excluding hydrogens is 460 g/mol. The van der Waals surface area contributed by atoms with Crippen LogP contribution in [-0.4, -0.2) is 42.2 Å². The Labute approximate surface area is 198 Å². The Kier molecular flexibility index (Phi) is 6.82. The Hall–Kier alpha value is -5.18. The normalized spacial score (nSPS) is 15.3. The highest BCUT2D eigenvalue weighted by atomic mass is 16.6. The molecule has 1 unspecified atom stereocenters. The minimum absolute atomic E-state index is 0.216. The molecule has 0 aromatic heterocycles. The van der Waals surface area contributed by atoms with E-state index in [0.29, 0.717) is 5.56 Å². The summed E-state index contributed by atoms with van der Waals surface area (Å²) < 4.78 is 9.75. The van der Waals surface area contributed by atoms with Crippen LogP contribution in [0.25, 0.3) is 0 Å². The van der Waals surface area contributed by atoms with Gasteiger partial charge in [0.05, 0.1) is 53.5 Å². The van der Waals surface area contributed by atoms with Crippen LogP contribution in [0, 0.1) is 21.4 Å². The molecule has 2 aromatic carbocycles. The summed E-state index contributed by atoms with van der Waals surface area (Å²) in [6.45, 7) is 0. The summed E-state index contributed by atoms with van der Waals surface area (Å²) >= 11 is 0. The first-order valence-corrected chi connectivity index (χ1v) is 9.85. The van der Waals surface area contributed by atoms with E-state index in [0.717, 1.165) is 37.3 Å². The van der Waals surface area contributed by atoms with Gasteiger partial charge >= 0.3 is 17.9 Å². The van der Waals surface area contributed by atoms with Gasteiger partial charge in [0, 0.05) is 12.1 Å². The fraction of sp³-hybridized carbons (Fsp3) is 0.130. The van der Waals surface area contributed by atoms with E-state index in [4.69, 9.17) is 15.2 Å². The fourth-order valence-corrected chi connectivity index (χ4v) is 3.76. The van der Waals surface area contributed by atoms with Crippen molar-refractivity contribution in [3.05, 3.63) is 92.4 Å². The number of nitro benzene ring substituents is 1. The third kappa shape index (κ3) is 4.25. The summed E-state index contributed by atoms with van der Waals surface area (Å²) in [5, 5.41) is 31.1. The van der Waals surface area contributed by atoms with Gasteiger partial charge in [0.2, 0.25) is 0 Å². The van der Waals surface area contributed by atoms with Crippen LogP contribution in [0.2, 0.25) is 0 Å². The second-order valence-electron chi connectivity index (χ2n) is 7.10. The molecule has 1 aliphatic heterocycles. The molecule has 1 aliphatic rings. The van der Waals surface area contributed by atoms with Crippen molar-refractivity contribution in [2.24, 2.45) is 5.73 Å². The number of esters is 2. The Morgan fingerprint density at radius 1 is 1.11 bits per heavy atom. The van der Waals surface area contributed by atoms with Gasteiger partial charge in [-0.15, -0.1) is 0 Å². The van der Waals surface area contributed by atoms with Crippen LogP contribution in [-0.2, 0) is 19.1 Å². The van der Waals surface area contributed by atoms with Gasteiger partial charge in [-0.2, -0.15) is 5.26 Å². The zero-order valence-corrected chi connectivity index (χ0v) is 18.4. The third-order valence-electron chi connectivity index (χ3n) is 5.27. The quantitative estimate of drug-likeness (QED) is 0.352. The summed E-state index contributed by atoms with van der Waals surface area (Å²) in [6.07, 6.45) is 0. The van der Waals surface area contributed by atoms with Crippen LogP contribution < -0.4 is 10.6 Å². The lowest BCUT2D eigenvalue weighted by atomic mass is 9.80. The lowest BCUT2D eigenvalue weighted by Crippen LogP contribution is -2.41. The van der Waals surface area contributed by atoms with Gasteiger partial charge in [-0.25, -0.2) is 14.4 Å². The van der Waals surface area contributed by atoms with E-state index >= 15 is 0 Å². The molecule has 0 radical (unpaired) electrons. The number of benzene rings is 2. The first kappa shape index (κ1) is 24.5. The number of nitrogens with two attached hydrogens (primary N) is 1. The zero-order valence-electron chi connectivity index (χ0n) is 18.4. The van der Waals surface area contributed by atoms with E-state index in [9.17, 15) is 34.9 Å². The largest absolute Gasteiger partial charge is 0.478 e. The van der Waals surface area contributed by atoms with Crippen LogP contribution in [0.4, 0.5) is 11.4 Å². The molecule has 3 N–H and O–H groups in total. The summed E-state index contributed by atoms with van der Waals surface area (Å²) in [4.78, 5) is 49.4. The molecule has 35 heavy (non-hydrogen) atoms. The number of allylic oxidation sites excluding steroid dienone is 1. The van der Waals surface area contributed by atoms with Gasteiger partial charge in [-0.1, -0.05) is 30.3 Å². The van der Waals surface area contributed by atoms with Gasteiger partial charge in [-0.3, -0.25) is 15.0 Å². The maximum atomic E-state index is 13.0. The first-order chi connectivity index (χ1) is 16.7. The molecule has 2 aromatic rings. The molecule has 0 aliphatic carbocycles. The Bertz CT molecular complexity index is 1340. The molecule has 0 saturated carbocycles. The summed E-state index contributed by atoms with van der Waals surface area (Å²) in [5.74, 6) is -5.24. The number of carboxylic acids is 1. The number of hydrogen-bond acceptors (Lipinski definition) is 10. The highest BCUT2D eigenvalue weighted by Crippen LogP contribution is 2.44. The number of carbonyl (C=O) groups excluding carboxylic acids is 2. The standard InChI is InChI=1S/C23H18N4O8/c1-34-22(30)18-17(12-6-4-3-5-7-12)15(11-24)20(25)26(19(18)23(31)35-2)16-10-13(27(32)33)8-9-14(16)21(28)29/h3-10,17H,25H2,1-2H3,(H,28,29). The lowest BCUT2D eigenvalue weighted by molar-refractivity contribution is -0.384. The van der Waals surface area contributed by atoms with E-state index in [-0.39, 0.29) is 11.1 Å². The smallest absolute Gasteiger partial charge is 0.355 e. The zero-order chi connectivity index (χ0) is 25.9. The molecule has 0 fully saturated rings. The van der Waals surface area contributed by atoms with Crippen LogP contribution in [0.5, 0.6) is 0 Å². The average molecular weight is 478 g/mol. The Morgan fingerprint density at radius 2 is 1.74 bits per heavy atom. The number of methoxy groups -OCH3 is 2. The number of carbonyl (C=O) groups is 3. The maximum Gasteiger partial charge on any atom is 0.355 e. The number of non-ortho nitro benzene ring substituents is 1. The Morgan fingerprint density at radius 3 is 2.26 bits per heavy atom. The van der Waals surface area contributed by atoms with Gasteiger partial charge in [0.15, 0.2) is 0 Å². The number of rotatable bonds is 6. The number of aromatic carboxylic acids is 1. The van der Waals surface area contributed by atoms with Crippen molar-refractivity contribution in [1.29, 1.82) is 5.26 Å². The summed E-state index contributed by atoms with van der Waals surface area (Å²) in [7, 11) is 2.07.